The van der Waals surface area contributed by atoms with Crippen LogP contribution in [0.4, 0.5) is 16.2 Å². The lowest BCUT2D eigenvalue weighted by Crippen LogP contribution is -2.43. The van der Waals surface area contributed by atoms with Crippen LogP contribution in [-0.4, -0.2) is 37.9 Å². The summed E-state index contributed by atoms with van der Waals surface area (Å²) in [7, 11) is 3.91. The molecule has 2 amide bonds. The molecule has 1 unspecified atom stereocenters. The summed E-state index contributed by atoms with van der Waals surface area (Å²) in [5.74, 6) is 0.478. The van der Waals surface area contributed by atoms with Crippen molar-refractivity contribution in [3.05, 3.63) is 24.3 Å². The van der Waals surface area contributed by atoms with Gasteiger partial charge in [-0.2, -0.15) is 0 Å². The fourth-order valence-electron chi connectivity index (χ4n) is 3.40. The molecule has 1 atom stereocenters. The van der Waals surface area contributed by atoms with E-state index in [1.807, 2.05) is 43.3 Å². The van der Waals surface area contributed by atoms with E-state index in [1.165, 1.54) is 19.3 Å². The van der Waals surface area contributed by atoms with E-state index in [1.54, 1.807) is 0 Å². The van der Waals surface area contributed by atoms with Crippen molar-refractivity contribution in [2.24, 2.45) is 5.92 Å². The number of rotatable bonds is 6. The van der Waals surface area contributed by atoms with Gasteiger partial charge in [-0.25, -0.2) is 4.79 Å². The molecular formula is C18H29N3O2. The lowest BCUT2D eigenvalue weighted by Gasteiger charge is -2.30. The van der Waals surface area contributed by atoms with Gasteiger partial charge in [0.1, 0.15) is 0 Å². The lowest BCUT2D eigenvalue weighted by molar-refractivity contribution is 0.202. The predicted molar refractivity (Wildman–Crippen MR) is 95.0 cm³/mol. The van der Waals surface area contributed by atoms with Crippen LogP contribution in [0.3, 0.4) is 0 Å². The fraction of sp³-hybridized carbons (Fsp3) is 0.611. The molecule has 3 N–H and O–H groups in total. The van der Waals surface area contributed by atoms with Crippen LogP contribution in [0.5, 0.6) is 0 Å². The van der Waals surface area contributed by atoms with Gasteiger partial charge in [0, 0.05) is 26.7 Å². The largest absolute Gasteiger partial charge is 0.396 e. The minimum atomic E-state index is -0.191. The number of carbonyl (C=O) groups is 1. The van der Waals surface area contributed by atoms with E-state index in [9.17, 15) is 9.90 Å². The predicted octanol–water partition coefficient (Wildman–Crippen LogP) is 3.21. The van der Waals surface area contributed by atoms with Crippen molar-refractivity contribution >= 4 is 17.4 Å². The molecule has 1 fully saturated rings. The van der Waals surface area contributed by atoms with Gasteiger partial charge in [-0.1, -0.05) is 31.4 Å². The number of para-hydroxylation sites is 2. The average Bonchev–Trinajstić information content (AvgIpc) is 2.55. The maximum atomic E-state index is 12.4. The smallest absolute Gasteiger partial charge is 0.319 e. The monoisotopic (exact) mass is 319 g/mol. The third-order valence-corrected chi connectivity index (χ3v) is 4.61. The zero-order valence-corrected chi connectivity index (χ0v) is 14.2. The molecule has 1 saturated carbocycles. The van der Waals surface area contributed by atoms with E-state index in [-0.39, 0.29) is 18.7 Å². The molecule has 1 aromatic rings. The molecule has 0 aliphatic heterocycles. The maximum Gasteiger partial charge on any atom is 0.319 e. The second kappa shape index (κ2) is 8.77. The van der Waals surface area contributed by atoms with E-state index in [2.05, 4.69) is 10.6 Å². The fourth-order valence-corrected chi connectivity index (χ4v) is 3.40. The molecule has 0 saturated heterocycles. The summed E-state index contributed by atoms with van der Waals surface area (Å²) in [6.45, 7) is 0.107. The Balaban J connectivity index is 1.99. The number of amides is 2. The number of aliphatic hydroxyl groups excluding tert-OH is 1. The summed E-state index contributed by atoms with van der Waals surface area (Å²) >= 11 is 0. The molecule has 0 spiro atoms. The maximum absolute atomic E-state index is 12.4. The molecule has 23 heavy (non-hydrogen) atoms. The highest BCUT2D eigenvalue weighted by Crippen LogP contribution is 2.28. The van der Waals surface area contributed by atoms with Crippen LogP contribution in [0.15, 0.2) is 24.3 Å². The minimum absolute atomic E-state index is 0.0480. The third kappa shape index (κ3) is 5.13. The Labute approximate surface area is 139 Å². The van der Waals surface area contributed by atoms with Crippen LogP contribution in [0, 0.1) is 5.92 Å². The summed E-state index contributed by atoms with van der Waals surface area (Å²) in [4.78, 5) is 14.4. The molecule has 1 aromatic carbocycles. The SMILES string of the molecule is CN(C)c1ccccc1NC(=O)NC(CCO)C1CCCCC1. The van der Waals surface area contributed by atoms with Gasteiger partial charge in [0.15, 0.2) is 0 Å². The van der Waals surface area contributed by atoms with Crippen LogP contribution in [0.25, 0.3) is 0 Å². The van der Waals surface area contributed by atoms with Crippen molar-refractivity contribution in [1.29, 1.82) is 0 Å². The van der Waals surface area contributed by atoms with E-state index in [0.29, 0.717) is 12.3 Å². The van der Waals surface area contributed by atoms with Gasteiger partial charge in [-0.15, -0.1) is 0 Å². The van der Waals surface area contributed by atoms with E-state index in [4.69, 9.17) is 0 Å². The van der Waals surface area contributed by atoms with Crippen LogP contribution in [-0.2, 0) is 0 Å². The van der Waals surface area contributed by atoms with Crippen molar-refractivity contribution < 1.29 is 9.90 Å². The van der Waals surface area contributed by atoms with Crippen molar-refractivity contribution in [2.75, 3.05) is 30.9 Å². The first-order valence-corrected chi connectivity index (χ1v) is 8.56. The standard InChI is InChI=1S/C18H29N3O2/c1-21(2)17-11-7-6-10-16(17)20-18(23)19-15(12-13-22)14-8-4-3-5-9-14/h6-7,10-11,14-15,22H,3-5,8-9,12-13H2,1-2H3,(H2,19,20,23). The zero-order chi connectivity index (χ0) is 16.7. The highest BCUT2D eigenvalue weighted by atomic mass is 16.3. The van der Waals surface area contributed by atoms with Gasteiger partial charge in [-0.3, -0.25) is 0 Å². The molecule has 0 heterocycles. The molecule has 128 valence electrons. The molecule has 1 aliphatic rings. The summed E-state index contributed by atoms with van der Waals surface area (Å²) < 4.78 is 0. The Morgan fingerprint density at radius 2 is 1.96 bits per heavy atom. The van der Waals surface area contributed by atoms with Crippen LogP contribution in [0.1, 0.15) is 38.5 Å². The van der Waals surface area contributed by atoms with E-state index in [0.717, 1.165) is 24.2 Å². The Kier molecular flexibility index (Phi) is 6.71. The van der Waals surface area contributed by atoms with Crippen molar-refractivity contribution in [1.82, 2.24) is 5.32 Å². The zero-order valence-electron chi connectivity index (χ0n) is 14.2. The number of urea groups is 1. The molecule has 5 heteroatoms. The number of aliphatic hydroxyl groups is 1. The van der Waals surface area contributed by atoms with Crippen LogP contribution < -0.4 is 15.5 Å². The quantitative estimate of drug-likeness (QED) is 0.754. The number of hydrogen-bond donors (Lipinski definition) is 3. The summed E-state index contributed by atoms with van der Waals surface area (Å²) in [6, 6.07) is 7.60. The molecule has 0 aromatic heterocycles. The lowest BCUT2D eigenvalue weighted by atomic mass is 9.83. The molecule has 2 rings (SSSR count). The third-order valence-electron chi connectivity index (χ3n) is 4.61. The summed E-state index contributed by atoms with van der Waals surface area (Å²) in [5, 5.41) is 15.3. The average molecular weight is 319 g/mol. The number of benzene rings is 1. The first-order valence-electron chi connectivity index (χ1n) is 8.56. The summed E-state index contributed by atoms with van der Waals surface area (Å²) in [5.41, 5.74) is 1.76. The second-order valence-corrected chi connectivity index (χ2v) is 6.53. The van der Waals surface area contributed by atoms with Crippen molar-refractivity contribution in [3.63, 3.8) is 0 Å². The van der Waals surface area contributed by atoms with Gasteiger partial charge >= 0.3 is 6.03 Å². The Hall–Kier alpha value is -1.75. The Bertz CT molecular complexity index is 499. The van der Waals surface area contributed by atoms with Gasteiger partial charge in [-0.05, 0) is 37.3 Å². The first-order chi connectivity index (χ1) is 11.1. The molecule has 0 bridgehead atoms. The van der Waals surface area contributed by atoms with Gasteiger partial charge in [0.25, 0.3) is 0 Å². The number of carbonyl (C=O) groups excluding carboxylic acids is 1. The van der Waals surface area contributed by atoms with Gasteiger partial charge < -0.3 is 20.6 Å². The second-order valence-electron chi connectivity index (χ2n) is 6.53. The van der Waals surface area contributed by atoms with Gasteiger partial charge in [0.05, 0.1) is 11.4 Å². The first kappa shape index (κ1) is 17.6. The summed E-state index contributed by atoms with van der Waals surface area (Å²) in [6.07, 6.45) is 6.62. The highest BCUT2D eigenvalue weighted by Gasteiger charge is 2.24. The Morgan fingerprint density at radius 3 is 2.61 bits per heavy atom. The van der Waals surface area contributed by atoms with Crippen LogP contribution in [0.2, 0.25) is 0 Å². The number of hydrogen-bond acceptors (Lipinski definition) is 3. The normalized spacial score (nSPS) is 16.7. The molecule has 0 radical (unpaired) electrons. The molecule has 1 aliphatic carbocycles. The number of nitrogens with zero attached hydrogens (tertiary/aromatic N) is 1. The number of anilines is 2. The molecular weight excluding hydrogens is 290 g/mol. The van der Waals surface area contributed by atoms with E-state index >= 15 is 0 Å². The highest BCUT2D eigenvalue weighted by molar-refractivity contribution is 5.93. The Morgan fingerprint density at radius 1 is 1.26 bits per heavy atom. The van der Waals surface area contributed by atoms with Gasteiger partial charge in [0.2, 0.25) is 0 Å². The van der Waals surface area contributed by atoms with E-state index < -0.39 is 0 Å². The van der Waals surface area contributed by atoms with Crippen LogP contribution >= 0.6 is 0 Å². The van der Waals surface area contributed by atoms with Crippen molar-refractivity contribution in [3.8, 4) is 0 Å². The van der Waals surface area contributed by atoms with Crippen molar-refractivity contribution in [2.45, 2.75) is 44.6 Å². The number of nitrogens with one attached hydrogen (secondary N) is 2. The topological polar surface area (TPSA) is 64.6 Å². The minimum Gasteiger partial charge on any atom is -0.396 e. The molecule has 5 nitrogen and oxygen atoms in total.